The Hall–Kier alpha value is -2.12. The summed E-state index contributed by atoms with van der Waals surface area (Å²) in [6.45, 7) is 9.66. The fraction of sp³-hybridized carbons (Fsp3) is 0.560. The van der Waals surface area contributed by atoms with Gasteiger partial charge in [0.05, 0.1) is 21.0 Å². The van der Waals surface area contributed by atoms with Crippen molar-refractivity contribution in [3.63, 3.8) is 0 Å². The Balaban J connectivity index is 2.26. The Bertz CT molecular complexity index is 933. The van der Waals surface area contributed by atoms with Gasteiger partial charge in [-0.3, -0.25) is 0 Å². The number of ether oxygens (including phenoxy) is 2. The topological polar surface area (TPSA) is 128 Å². The molecule has 8 nitrogen and oxygen atoms in total. The molecule has 0 saturated heterocycles. The molecule has 1 aliphatic carbocycles. The van der Waals surface area contributed by atoms with E-state index in [9.17, 15) is 24.3 Å². The van der Waals surface area contributed by atoms with E-state index in [0.717, 1.165) is 49.7 Å². The summed E-state index contributed by atoms with van der Waals surface area (Å²) in [5.74, 6) is 0.189. The first-order chi connectivity index (χ1) is 16.0. The Morgan fingerprint density at radius 1 is 1.24 bits per heavy atom. The van der Waals surface area contributed by atoms with E-state index in [1.165, 1.54) is 5.57 Å². The molecule has 0 bridgehead atoms. The van der Waals surface area contributed by atoms with Crippen molar-refractivity contribution in [2.75, 3.05) is 13.2 Å². The summed E-state index contributed by atoms with van der Waals surface area (Å²) in [5, 5.41) is 11.0. The van der Waals surface area contributed by atoms with Crippen molar-refractivity contribution in [1.82, 2.24) is 0 Å². The number of carbonyl (C=O) groups is 1. The molecule has 0 heterocycles. The van der Waals surface area contributed by atoms with Crippen LogP contribution in [0.25, 0.3) is 0 Å². The van der Waals surface area contributed by atoms with Crippen molar-refractivity contribution in [2.24, 2.45) is 5.92 Å². The molecule has 0 saturated carbocycles. The average Bonchev–Trinajstić information content (AvgIpc) is 2.72. The molecular formula is C25H35O8P-2. The molecule has 9 heteroatoms. The highest BCUT2D eigenvalue weighted by molar-refractivity contribution is 7.43. The molecule has 2 rings (SSSR count). The minimum Gasteiger partial charge on any atom is -0.790 e. The van der Waals surface area contributed by atoms with Crippen molar-refractivity contribution in [3.8, 4) is 11.5 Å². The van der Waals surface area contributed by atoms with Gasteiger partial charge in [0.25, 0.3) is 0 Å². The van der Waals surface area contributed by atoms with Crippen molar-refractivity contribution in [3.05, 3.63) is 47.1 Å². The second kappa shape index (κ2) is 13.1. The first-order valence-electron chi connectivity index (χ1n) is 11.7. The van der Waals surface area contributed by atoms with Crippen LogP contribution in [-0.4, -0.2) is 24.5 Å². The molecule has 1 aromatic rings. The van der Waals surface area contributed by atoms with Gasteiger partial charge in [0, 0.05) is 17.9 Å². The molecule has 0 aromatic heterocycles. The Morgan fingerprint density at radius 2 is 1.97 bits per heavy atom. The van der Waals surface area contributed by atoms with Crippen LogP contribution in [0.3, 0.4) is 0 Å². The third-order valence-corrected chi connectivity index (χ3v) is 6.41. The lowest BCUT2D eigenvalue weighted by Gasteiger charge is -2.32. The van der Waals surface area contributed by atoms with Gasteiger partial charge in [-0.25, -0.2) is 4.79 Å². The number of aromatic hydroxyl groups is 1. The number of carbonyl (C=O) groups excluding carboxylic acids is 1. The monoisotopic (exact) mass is 494 g/mol. The van der Waals surface area contributed by atoms with Gasteiger partial charge < -0.3 is 33.5 Å². The first-order valence-corrected chi connectivity index (χ1v) is 13.2. The number of benzene rings is 1. The van der Waals surface area contributed by atoms with Crippen LogP contribution in [0.5, 0.6) is 11.5 Å². The number of unbranched alkanes of at least 4 members (excludes halogenated alkanes) is 2. The summed E-state index contributed by atoms with van der Waals surface area (Å²) in [4.78, 5) is 33.4. The minimum atomic E-state index is -5.06. The molecule has 190 valence electrons. The van der Waals surface area contributed by atoms with Crippen LogP contribution in [0.2, 0.25) is 0 Å². The molecule has 2 atom stereocenters. The van der Waals surface area contributed by atoms with E-state index in [1.807, 2.05) is 13.8 Å². The van der Waals surface area contributed by atoms with Gasteiger partial charge in [-0.05, 0) is 63.1 Å². The number of phosphoric ester groups is 1. The zero-order chi connectivity index (χ0) is 25.3. The SMILES string of the molecule is C=C(C)[C@@H]1CCC(C)=C[C@H]1c1c(O)cc(CCCCC)cc1OC(=O)OCCCOP(=O)([O-])[O-]. The van der Waals surface area contributed by atoms with Crippen molar-refractivity contribution >= 4 is 14.0 Å². The van der Waals surface area contributed by atoms with Crippen LogP contribution in [0.15, 0.2) is 35.9 Å². The van der Waals surface area contributed by atoms with Gasteiger partial charge in [0.2, 0.25) is 0 Å². The quantitative estimate of drug-likeness (QED) is 0.143. The second-order valence-electron chi connectivity index (χ2n) is 8.85. The third kappa shape index (κ3) is 8.91. The summed E-state index contributed by atoms with van der Waals surface area (Å²) < 4.78 is 25.2. The number of phenols is 1. The van der Waals surface area contributed by atoms with E-state index in [-0.39, 0.29) is 43.0 Å². The molecule has 0 fully saturated rings. The van der Waals surface area contributed by atoms with Crippen LogP contribution >= 0.6 is 7.82 Å². The van der Waals surface area contributed by atoms with Gasteiger partial charge in [0.15, 0.2) is 0 Å². The molecule has 0 radical (unpaired) electrons. The summed E-state index contributed by atoms with van der Waals surface area (Å²) in [6, 6.07) is 3.51. The van der Waals surface area contributed by atoms with E-state index >= 15 is 0 Å². The maximum absolute atomic E-state index is 12.4. The smallest absolute Gasteiger partial charge is 0.513 e. The molecule has 0 amide bonds. The zero-order valence-corrected chi connectivity index (χ0v) is 21.1. The lowest BCUT2D eigenvalue weighted by atomic mass is 9.73. The summed E-state index contributed by atoms with van der Waals surface area (Å²) in [6.07, 6.45) is 6.72. The van der Waals surface area contributed by atoms with Gasteiger partial charge >= 0.3 is 6.16 Å². The highest BCUT2D eigenvalue weighted by atomic mass is 31.2. The maximum atomic E-state index is 12.4. The summed E-state index contributed by atoms with van der Waals surface area (Å²) in [5.41, 5.74) is 3.56. The number of phenolic OH excluding ortho intramolecular Hbond substituents is 1. The number of allylic oxidation sites excluding steroid dienone is 3. The number of hydrogen-bond acceptors (Lipinski definition) is 8. The van der Waals surface area contributed by atoms with Crippen molar-refractivity contribution < 1.29 is 38.3 Å². The van der Waals surface area contributed by atoms with E-state index in [2.05, 4.69) is 24.1 Å². The Morgan fingerprint density at radius 3 is 2.62 bits per heavy atom. The van der Waals surface area contributed by atoms with E-state index in [0.29, 0.717) is 5.56 Å². The fourth-order valence-corrected chi connectivity index (χ4v) is 4.58. The zero-order valence-electron chi connectivity index (χ0n) is 20.2. The van der Waals surface area contributed by atoms with Crippen LogP contribution < -0.4 is 14.5 Å². The third-order valence-electron chi connectivity index (χ3n) is 5.91. The van der Waals surface area contributed by atoms with Crippen LogP contribution in [-0.2, 0) is 20.2 Å². The lowest BCUT2D eigenvalue weighted by Crippen LogP contribution is -2.20. The molecule has 0 spiro atoms. The second-order valence-corrected chi connectivity index (χ2v) is 10.0. The molecule has 0 unspecified atom stereocenters. The predicted octanol–water partition coefficient (Wildman–Crippen LogP) is 4.89. The first kappa shape index (κ1) is 28.1. The van der Waals surface area contributed by atoms with Gasteiger partial charge in [0.1, 0.15) is 11.5 Å². The number of phosphoric acid groups is 1. The summed E-state index contributed by atoms with van der Waals surface area (Å²) >= 11 is 0. The molecule has 0 aliphatic heterocycles. The highest BCUT2D eigenvalue weighted by Crippen LogP contribution is 2.47. The molecular weight excluding hydrogens is 459 g/mol. The average molecular weight is 495 g/mol. The fourth-order valence-electron chi connectivity index (χ4n) is 4.23. The lowest BCUT2D eigenvalue weighted by molar-refractivity contribution is -0.341. The Kier molecular flexibility index (Phi) is 10.8. The number of rotatable bonds is 12. The predicted molar refractivity (Wildman–Crippen MR) is 126 cm³/mol. The molecule has 1 N–H and O–H groups in total. The number of aryl methyl sites for hydroxylation is 1. The van der Waals surface area contributed by atoms with Crippen LogP contribution in [0, 0.1) is 5.92 Å². The van der Waals surface area contributed by atoms with Crippen LogP contribution in [0.4, 0.5) is 4.79 Å². The standard InChI is InChI=1S/C25H37O8P/c1-5-6-7-9-19-15-22(26)24(21-14-18(4)10-11-20(21)17(2)3)23(16-19)33-25(27)31-12-8-13-32-34(28,29)30/h14-16,20-21,26H,2,5-13H2,1,3-4H3,(H2,28,29,30)/p-2/t20-,21+/m0/s1. The maximum Gasteiger partial charge on any atom is 0.513 e. The Labute approximate surface area is 201 Å². The van der Waals surface area contributed by atoms with Crippen molar-refractivity contribution in [2.45, 2.75) is 71.6 Å². The van der Waals surface area contributed by atoms with Crippen LogP contribution in [0.1, 0.15) is 76.3 Å². The van der Waals surface area contributed by atoms with E-state index in [4.69, 9.17) is 9.47 Å². The van der Waals surface area contributed by atoms with E-state index in [1.54, 1.807) is 12.1 Å². The van der Waals surface area contributed by atoms with E-state index < -0.39 is 14.0 Å². The van der Waals surface area contributed by atoms with Gasteiger partial charge in [-0.1, -0.05) is 43.6 Å². The van der Waals surface area contributed by atoms with Crippen molar-refractivity contribution in [1.29, 1.82) is 0 Å². The van der Waals surface area contributed by atoms with Gasteiger partial charge in [-0.15, -0.1) is 0 Å². The van der Waals surface area contributed by atoms with Gasteiger partial charge in [-0.2, -0.15) is 0 Å². The largest absolute Gasteiger partial charge is 0.790 e. The molecule has 1 aliphatic rings. The minimum absolute atomic E-state index is 0.0149. The molecule has 34 heavy (non-hydrogen) atoms. The normalized spacial score (nSPS) is 18.3. The number of hydrogen-bond donors (Lipinski definition) is 1. The summed E-state index contributed by atoms with van der Waals surface area (Å²) in [7, 11) is -5.06. The highest BCUT2D eigenvalue weighted by Gasteiger charge is 2.31. The molecule has 1 aromatic carbocycles.